The normalized spacial score (nSPS) is 16.3. The molecule has 0 bridgehead atoms. The Hall–Kier alpha value is -5.55. The van der Waals surface area contributed by atoms with Gasteiger partial charge in [0.2, 0.25) is 0 Å². The van der Waals surface area contributed by atoms with Crippen LogP contribution in [-0.4, -0.2) is 16.2 Å². The molecule has 0 N–H and O–H groups in total. The van der Waals surface area contributed by atoms with E-state index in [2.05, 4.69) is 157 Å². The Morgan fingerprint density at radius 1 is 0.660 bits per heavy atom. The average Bonchev–Trinajstić information content (AvgIpc) is 3.59. The van der Waals surface area contributed by atoms with E-state index < -0.39 is 0 Å². The topological polar surface area (TPSA) is 33.5 Å². The number of fused-ring (bicyclic) bond motifs is 3. The molecule has 0 radical (unpaired) electrons. The summed E-state index contributed by atoms with van der Waals surface area (Å²) in [5, 5.41) is 2.37. The molecular weight excluding hydrogens is 576 g/mol. The van der Waals surface area contributed by atoms with Crippen LogP contribution in [0, 0.1) is 0 Å². The molecule has 1 aliphatic heterocycles. The maximum absolute atomic E-state index is 6.78. The predicted molar refractivity (Wildman–Crippen MR) is 195 cm³/mol. The lowest BCUT2D eigenvalue weighted by molar-refractivity contribution is 0.479. The molecule has 5 nitrogen and oxygen atoms in total. The number of ether oxygens (including phenoxy) is 1. The van der Waals surface area contributed by atoms with Gasteiger partial charge >= 0.3 is 0 Å². The van der Waals surface area contributed by atoms with Crippen molar-refractivity contribution in [1.29, 1.82) is 0 Å². The molecule has 1 aliphatic carbocycles. The minimum atomic E-state index is -0.0704. The van der Waals surface area contributed by atoms with E-state index in [9.17, 15) is 0 Å². The van der Waals surface area contributed by atoms with E-state index in [0.717, 1.165) is 53.5 Å². The van der Waals surface area contributed by atoms with E-state index in [4.69, 9.17) is 9.72 Å². The molecule has 0 amide bonds. The van der Waals surface area contributed by atoms with Crippen LogP contribution in [0.1, 0.15) is 39.2 Å². The maximum Gasteiger partial charge on any atom is 0.137 e. The second-order valence-corrected chi connectivity index (χ2v) is 13.3. The Morgan fingerprint density at radius 2 is 1.47 bits per heavy atom. The third kappa shape index (κ3) is 5.38. The highest BCUT2D eigenvalue weighted by atomic mass is 16.5. The van der Waals surface area contributed by atoms with Crippen LogP contribution in [-0.2, 0) is 5.41 Å². The molecule has 8 rings (SSSR count). The standard InChI is InChI=1S/C42H38N4O/c1-42(2,3)30-25-32(45-29-44(31-15-7-6-8-16-31)38-19-9-4-5-10-20-39(38)45)27-34(26-30)47-33-22-23-36-35-17-11-12-18-37(35)46(40(36)28-33)41-21-13-14-24-43-41/h4,6-18,20-28H,5,19,29H2,1-3H3/b9-4-,20-10-. The summed E-state index contributed by atoms with van der Waals surface area (Å²) in [5.74, 6) is 2.50. The van der Waals surface area contributed by atoms with E-state index in [-0.39, 0.29) is 5.41 Å². The molecule has 3 heterocycles. The number of hydrogen-bond acceptors (Lipinski definition) is 4. The van der Waals surface area contributed by atoms with Crippen molar-refractivity contribution in [1.82, 2.24) is 9.55 Å². The lowest BCUT2D eigenvalue weighted by atomic mass is 9.86. The Balaban J connectivity index is 1.23. The molecule has 0 atom stereocenters. The molecule has 0 saturated heterocycles. The fourth-order valence-electron chi connectivity index (χ4n) is 6.73. The fraction of sp³-hybridized carbons (Fsp3) is 0.167. The van der Waals surface area contributed by atoms with Crippen LogP contribution in [0.4, 0.5) is 11.4 Å². The van der Waals surface area contributed by atoms with Gasteiger partial charge in [-0.2, -0.15) is 0 Å². The van der Waals surface area contributed by atoms with E-state index in [1.54, 1.807) is 0 Å². The first-order chi connectivity index (χ1) is 22.9. The van der Waals surface area contributed by atoms with Gasteiger partial charge in [0.15, 0.2) is 0 Å². The third-order valence-corrected chi connectivity index (χ3v) is 9.12. The van der Waals surface area contributed by atoms with Crippen molar-refractivity contribution in [2.45, 2.75) is 39.0 Å². The highest BCUT2D eigenvalue weighted by molar-refractivity contribution is 6.09. The van der Waals surface area contributed by atoms with Gasteiger partial charge in [-0.15, -0.1) is 0 Å². The first-order valence-corrected chi connectivity index (χ1v) is 16.4. The number of aromatic nitrogens is 2. The summed E-state index contributed by atoms with van der Waals surface area (Å²) >= 11 is 0. The molecular formula is C42H38N4O. The molecule has 5 heteroatoms. The number of allylic oxidation sites excluding steroid dienone is 4. The van der Waals surface area contributed by atoms with E-state index >= 15 is 0 Å². The molecule has 2 aliphatic rings. The number of rotatable bonds is 5. The van der Waals surface area contributed by atoms with Crippen molar-refractivity contribution in [2.75, 3.05) is 16.5 Å². The van der Waals surface area contributed by atoms with Crippen molar-refractivity contribution in [2.24, 2.45) is 0 Å². The lowest BCUT2D eigenvalue weighted by Crippen LogP contribution is -2.27. The van der Waals surface area contributed by atoms with E-state index in [1.165, 1.54) is 33.4 Å². The van der Waals surface area contributed by atoms with Crippen LogP contribution in [0.3, 0.4) is 0 Å². The molecule has 0 unspecified atom stereocenters. The molecule has 0 fully saturated rings. The van der Waals surface area contributed by atoms with Gasteiger partial charge in [-0.3, -0.25) is 4.57 Å². The summed E-state index contributed by atoms with van der Waals surface area (Å²) in [5.41, 5.74) is 8.20. The van der Waals surface area contributed by atoms with Crippen LogP contribution in [0.25, 0.3) is 27.6 Å². The lowest BCUT2D eigenvalue weighted by Gasteiger charge is -2.27. The first kappa shape index (κ1) is 28.9. The number of anilines is 2. The van der Waals surface area contributed by atoms with Gasteiger partial charge in [0.1, 0.15) is 17.3 Å². The molecule has 6 aromatic rings. The minimum absolute atomic E-state index is 0.0704. The Labute approximate surface area is 276 Å². The Kier molecular flexibility index (Phi) is 7.17. The van der Waals surface area contributed by atoms with E-state index in [1.807, 2.05) is 18.3 Å². The molecule has 4 aromatic carbocycles. The van der Waals surface area contributed by atoms with Gasteiger partial charge in [0, 0.05) is 52.6 Å². The Bertz CT molecular complexity index is 2190. The number of benzene rings is 4. The third-order valence-electron chi connectivity index (χ3n) is 9.12. The number of hydrogen-bond donors (Lipinski definition) is 0. The van der Waals surface area contributed by atoms with Gasteiger partial charge in [-0.1, -0.05) is 81.5 Å². The van der Waals surface area contributed by atoms with Crippen LogP contribution in [0.15, 0.2) is 151 Å². The van der Waals surface area contributed by atoms with E-state index in [0.29, 0.717) is 0 Å². The maximum atomic E-state index is 6.78. The molecule has 47 heavy (non-hydrogen) atoms. The highest BCUT2D eigenvalue weighted by Crippen LogP contribution is 2.41. The van der Waals surface area contributed by atoms with Crippen LogP contribution in [0.2, 0.25) is 0 Å². The van der Waals surface area contributed by atoms with Crippen molar-refractivity contribution >= 4 is 33.2 Å². The largest absolute Gasteiger partial charge is 0.457 e. The van der Waals surface area contributed by atoms with Crippen molar-refractivity contribution < 1.29 is 4.74 Å². The predicted octanol–water partition coefficient (Wildman–Crippen LogP) is 10.7. The zero-order valence-corrected chi connectivity index (χ0v) is 27.1. The Morgan fingerprint density at radius 3 is 2.30 bits per heavy atom. The fourth-order valence-corrected chi connectivity index (χ4v) is 6.73. The van der Waals surface area contributed by atoms with Crippen LogP contribution < -0.4 is 14.5 Å². The number of nitrogens with zero attached hydrogens (tertiary/aromatic N) is 4. The van der Waals surface area contributed by atoms with Crippen LogP contribution in [0.5, 0.6) is 11.5 Å². The summed E-state index contributed by atoms with van der Waals surface area (Å²) in [6.45, 7) is 7.52. The second kappa shape index (κ2) is 11.7. The smallest absolute Gasteiger partial charge is 0.137 e. The highest BCUT2D eigenvalue weighted by Gasteiger charge is 2.30. The summed E-state index contributed by atoms with van der Waals surface area (Å²) < 4.78 is 9.00. The first-order valence-electron chi connectivity index (χ1n) is 16.4. The van der Waals surface area contributed by atoms with Gasteiger partial charge in [0.05, 0.1) is 23.4 Å². The van der Waals surface area contributed by atoms with Crippen molar-refractivity contribution in [3.8, 4) is 17.3 Å². The molecule has 232 valence electrons. The molecule has 0 spiro atoms. The molecule has 0 saturated carbocycles. The quantitative estimate of drug-likeness (QED) is 0.181. The summed E-state index contributed by atoms with van der Waals surface area (Å²) in [6, 6.07) is 38.3. The summed E-state index contributed by atoms with van der Waals surface area (Å²) in [4.78, 5) is 9.57. The summed E-state index contributed by atoms with van der Waals surface area (Å²) in [6.07, 6.45) is 12.8. The second-order valence-electron chi connectivity index (χ2n) is 13.3. The van der Waals surface area contributed by atoms with Gasteiger partial charge in [-0.05, 0) is 78.1 Å². The monoisotopic (exact) mass is 614 g/mol. The van der Waals surface area contributed by atoms with Gasteiger partial charge < -0.3 is 14.5 Å². The van der Waals surface area contributed by atoms with Crippen molar-refractivity contribution in [3.05, 3.63) is 157 Å². The van der Waals surface area contributed by atoms with Crippen molar-refractivity contribution in [3.63, 3.8) is 0 Å². The van der Waals surface area contributed by atoms with Gasteiger partial charge in [-0.25, -0.2) is 4.98 Å². The number of pyridine rings is 1. The van der Waals surface area contributed by atoms with Gasteiger partial charge in [0.25, 0.3) is 0 Å². The van der Waals surface area contributed by atoms with Crippen LogP contribution >= 0.6 is 0 Å². The zero-order chi connectivity index (χ0) is 32.0. The number of para-hydroxylation sites is 2. The molecule has 2 aromatic heterocycles. The zero-order valence-electron chi connectivity index (χ0n) is 27.1. The SMILES string of the molecule is CC(C)(C)c1cc(Oc2ccc3c4ccccc4n(-c4ccccn4)c3c2)cc(N2CN(c3ccccc3)C3=C2/C=C\C/C=C\C3)c1. The minimum Gasteiger partial charge on any atom is -0.457 e. The summed E-state index contributed by atoms with van der Waals surface area (Å²) in [7, 11) is 0. The average molecular weight is 615 g/mol.